The smallest absolute Gasteiger partial charge is 0.257 e. The van der Waals surface area contributed by atoms with Gasteiger partial charge in [0, 0.05) is 12.4 Å². The molecule has 0 aliphatic carbocycles. The summed E-state index contributed by atoms with van der Waals surface area (Å²) in [5.41, 5.74) is 1.42. The van der Waals surface area contributed by atoms with Crippen LogP contribution in [0.2, 0.25) is 0 Å². The fraction of sp³-hybridized carbons (Fsp3) is 0.455. The highest BCUT2D eigenvalue weighted by Gasteiger charge is 2.28. The lowest BCUT2D eigenvalue weighted by atomic mass is 9.99. The molecule has 0 radical (unpaired) electrons. The fourth-order valence-corrected chi connectivity index (χ4v) is 1.65. The van der Waals surface area contributed by atoms with Crippen molar-refractivity contribution in [3.8, 4) is 5.95 Å². The lowest BCUT2D eigenvalue weighted by Gasteiger charge is -2.29. The van der Waals surface area contributed by atoms with Crippen molar-refractivity contribution in [2.75, 3.05) is 24.0 Å². The van der Waals surface area contributed by atoms with Crippen LogP contribution in [0.25, 0.3) is 5.95 Å². The van der Waals surface area contributed by atoms with Gasteiger partial charge in [-0.3, -0.25) is 5.43 Å². The van der Waals surface area contributed by atoms with Gasteiger partial charge in [0.05, 0.1) is 18.8 Å². The van der Waals surface area contributed by atoms with E-state index in [0.29, 0.717) is 6.42 Å². The Bertz CT molecular complexity index is 561. The predicted octanol–water partition coefficient (Wildman–Crippen LogP) is -1.11. The van der Waals surface area contributed by atoms with E-state index in [1.807, 2.05) is 6.92 Å². The summed E-state index contributed by atoms with van der Waals surface area (Å²) >= 11 is 0. The second-order valence-corrected chi connectivity index (χ2v) is 4.45. The predicted molar refractivity (Wildman–Crippen MR) is 75.6 cm³/mol. The summed E-state index contributed by atoms with van der Waals surface area (Å²) in [6.07, 6.45) is 3.74. The van der Waals surface area contributed by atoms with Crippen LogP contribution in [0.15, 0.2) is 18.5 Å². The van der Waals surface area contributed by atoms with Gasteiger partial charge in [-0.15, -0.1) is 0 Å². The quantitative estimate of drug-likeness (QED) is 0.316. The van der Waals surface area contributed by atoms with E-state index < -0.39 is 5.54 Å². The van der Waals surface area contributed by atoms with Crippen LogP contribution < -0.4 is 16.6 Å². The van der Waals surface area contributed by atoms with Crippen molar-refractivity contribution in [1.29, 1.82) is 0 Å². The normalized spacial score (nSPS) is 11.4. The summed E-state index contributed by atoms with van der Waals surface area (Å²) in [6.45, 7) is 1.29. The van der Waals surface area contributed by atoms with E-state index in [9.17, 15) is 10.2 Å². The number of hydrazine groups is 1. The number of aromatic nitrogens is 5. The van der Waals surface area contributed by atoms with Crippen molar-refractivity contribution in [1.82, 2.24) is 24.7 Å². The first-order valence-corrected chi connectivity index (χ1v) is 6.39. The van der Waals surface area contributed by atoms with Gasteiger partial charge in [0.1, 0.15) is 0 Å². The van der Waals surface area contributed by atoms with Crippen molar-refractivity contribution >= 4 is 11.9 Å². The van der Waals surface area contributed by atoms with Crippen molar-refractivity contribution in [2.45, 2.75) is 18.9 Å². The molecule has 6 N–H and O–H groups in total. The molecule has 2 rings (SSSR count). The van der Waals surface area contributed by atoms with Gasteiger partial charge in [0.15, 0.2) is 0 Å². The Labute approximate surface area is 121 Å². The molecule has 0 atom stereocenters. The lowest BCUT2D eigenvalue weighted by Crippen LogP contribution is -2.45. The number of aliphatic hydroxyl groups excluding tert-OH is 2. The number of hydrogen-bond donors (Lipinski definition) is 5. The summed E-state index contributed by atoms with van der Waals surface area (Å²) in [4.78, 5) is 12.3. The molecule has 10 nitrogen and oxygen atoms in total. The van der Waals surface area contributed by atoms with Gasteiger partial charge < -0.3 is 15.5 Å². The van der Waals surface area contributed by atoms with E-state index in [0.717, 1.165) is 0 Å². The van der Waals surface area contributed by atoms with Crippen molar-refractivity contribution in [3.63, 3.8) is 0 Å². The molecular weight excluding hydrogens is 276 g/mol. The Morgan fingerprint density at radius 3 is 2.48 bits per heavy atom. The highest BCUT2D eigenvalue weighted by Crippen LogP contribution is 2.17. The number of nitrogens with one attached hydrogen (secondary N) is 2. The Kier molecular flexibility index (Phi) is 4.62. The van der Waals surface area contributed by atoms with Gasteiger partial charge in [-0.2, -0.15) is 20.1 Å². The second kappa shape index (κ2) is 6.43. The average Bonchev–Trinajstić information content (AvgIpc) is 3.07. The van der Waals surface area contributed by atoms with Crippen LogP contribution >= 0.6 is 0 Å². The molecular formula is C11H18N8O2. The standard InChI is InChI=1S/C11H18N8O2/c1-2-11(6-20,7-21)17-8-14-9(18-12)16-10(15-8)19-5-3-4-13-19/h3-5,20-21H,2,6-7,12H2,1H3,(H2,14,15,16,17,18). The molecule has 2 aromatic heterocycles. The number of rotatable bonds is 7. The summed E-state index contributed by atoms with van der Waals surface area (Å²) in [5.74, 6) is 5.91. The van der Waals surface area contributed by atoms with E-state index in [1.165, 1.54) is 4.68 Å². The number of nitrogens with two attached hydrogens (primary N) is 1. The third-order valence-corrected chi connectivity index (χ3v) is 3.12. The summed E-state index contributed by atoms with van der Waals surface area (Å²) in [7, 11) is 0. The molecule has 10 heteroatoms. The first kappa shape index (κ1) is 15.1. The van der Waals surface area contributed by atoms with Gasteiger partial charge in [-0.25, -0.2) is 10.5 Å². The van der Waals surface area contributed by atoms with Gasteiger partial charge in [0.2, 0.25) is 11.9 Å². The van der Waals surface area contributed by atoms with Crippen LogP contribution in [0.4, 0.5) is 11.9 Å². The summed E-state index contributed by atoms with van der Waals surface area (Å²) in [6, 6.07) is 1.73. The highest BCUT2D eigenvalue weighted by atomic mass is 16.3. The maximum atomic E-state index is 9.47. The molecule has 114 valence electrons. The molecule has 0 bridgehead atoms. The van der Waals surface area contributed by atoms with Crippen molar-refractivity contribution in [2.24, 2.45) is 5.84 Å². The van der Waals surface area contributed by atoms with E-state index in [2.05, 4.69) is 30.8 Å². The van der Waals surface area contributed by atoms with Crippen molar-refractivity contribution in [3.05, 3.63) is 18.5 Å². The zero-order chi connectivity index (χ0) is 15.3. The third kappa shape index (κ3) is 3.24. The zero-order valence-electron chi connectivity index (χ0n) is 11.6. The maximum absolute atomic E-state index is 9.47. The molecule has 0 spiro atoms. The molecule has 0 saturated heterocycles. The number of nitrogen functional groups attached to an aromatic ring is 1. The molecule has 0 amide bonds. The fourth-order valence-electron chi connectivity index (χ4n) is 1.65. The van der Waals surface area contributed by atoms with E-state index in [1.54, 1.807) is 18.5 Å². The highest BCUT2D eigenvalue weighted by molar-refractivity contribution is 5.39. The molecule has 0 aromatic carbocycles. The van der Waals surface area contributed by atoms with E-state index in [-0.39, 0.29) is 31.1 Å². The first-order valence-electron chi connectivity index (χ1n) is 6.39. The average molecular weight is 294 g/mol. The number of hydrogen-bond acceptors (Lipinski definition) is 9. The largest absolute Gasteiger partial charge is 0.394 e. The Hall–Kier alpha value is -2.30. The van der Waals surface area contributed by atoms with Gasteiger partial charge in [-0.1, -0.05) is 6.92 Å². The van der Waals surface area contributed by atoms with E-state index in [4.69, 9.17) is 5.84 Å². The van der Waals surface area contributed by atoms with Gasteiger partial charge in [-0.05, 0) is 12.5 Å². The number of aliphatic hydroxyl groups is 2. The Balaban J connectivity index is 2.37. The second-order valence-electron chi connectivity index (χ2n) is 4.45. The Morgan fingerprint density at radius 1 is 1.24 bits per heavy atom. The monoisotopic (exact) mass is 294 g/mol. The van der Waals surface area contributed by atoms with Gasteiger partial charge in [0.25, 0.3) is 5.95 Å². The molecule has 2 aromatic rings. The molecule has 21 heavy (non-hydrogen) atoms. The van der Waals surface area contributed by atoms with Crippen LogP contribution in [0.3, 0.4) is 0 Å². The van der Waals surface area contributed by atoms with Crippen LogP contribution in [-0.2, 0) is 0 Å². The molecule has 0 aliphatic heterocycles. The van der Waals surface area contributed by atoms with Crippen LogP contribution in [0, 0.1) is 0 Å². The minimum Gasteiger partial charge on any atom is -0.394 e. The zero-order valence-corrected chi connectivity index (χ0v) is 11.6. The summed E-state index contributed by atoms with van der Waals surface area (Å²) in [5, 5.41) is 25.9. The number of nitrogens with zero attached hydrogens (tertiary/aromatic N) is 5. The molecule has 0 fully saturated rings. The minimum absolute atomic E-state index is 0.138. The van der Waals surface area contributed by atoms with Crippen LogP contribution in [0.5, 0.6) is 0 Å². The maximum Gasteiger partial charge on any atom is 0.257 e. The molecule has 0 unspecified atom stereocenters. The van der Waals surface area contributed by atoms with Crippen LogP contribution in [-0.4, -0.2) is 53.7 Å². The molecule has 0 saturated carbocycles. The topological polar surface area (TPSA) is 147 Å². The minimum atomic E-state index is -0.922. The van der Waals surface area contributed by atoms with Gasteiger partial charge >= 0.3 is 0 Å². The summed E-state index contributed by atoms with van der Waals surface area (Å²) < 4.78 is 1.44. The molecule has 2 heterocycles. The Morgan fingerprint density at radius 2 is 1.95 bits per heavy atom. The van der Waals surface area contributed by atoms with Crippen molar-refractivity contribution < 1.29 is 10.2 Å². The lowest BCUT2D eigenvalue weighted by molar-refractivity contribution is 0.132. The first-order chi connectivity index (χ1) is 10.2. The number of anilines is 2. The SMILES string of the molecule is CCC(CO)(CO)Nc1nc(NN)nc(-n2cccn2)n1. The molecule has 0 aliphatic rings. The third-order valence-electron chi connectivity index (χ3n) is 3.12. The van der Waals surface area contributed by atoms with Crippen LogP contribution in [0.1, 0.15) is 13.3 Å². The van der Waals surface area contributed by atoms with E-state index >= 15 is 0 Å².